The maximum atomic E-state index is 13.1. The van der Waals surface area contributed by atoms with Crippen LogP contribution in [0.5, 0.6) is 0 Å². The van der Waals surface area contributed by atoms with Crippen LogP contribution in [0.1, 0.15) is 37.3 Å². The number of amides is 1. The van der Waals surface area contributed by atoms with Crippen molar-refractivity contribution in [2.24, 2.45) is 0 Å². The summed E-state index contributed by atoms with van der Waals surface area (Å²) >= 11 is 0. The molecule has 0 fully saturated rings. The third-order valence-corrected chi connectivity index (χ3v) is 7.48. The molecule has 1 aromatic carbocycles. The molecule has 1 amide bonds. The van der Waals surface area contributed by atoms with Crippen LogP contribution in [0, 0.1) is 0 Å². The van der Waals surface area contributed by atoms with Crippen molar-refractivity contribution in [3.8, 4) is 0 Å². The maximum Gasteiger partial charge on any atom is 0.330 e. The highest BCUT2D eigenvalue weighted by molar-refractivity contribution is 7.91. The van der Waals surface area contributed by atoms with Crippen LogP contribution >= 0.6 is 0 Å². The lowest BCUT2D eigenvalue weighted by Crippen LogP contribution is -2.43. The highest BCUT2D eigenvalue weighted by Gasteiger charge is 2.26. The van der Waals surface area contributed by atoms with Crippen LogP contribution in [0.4, 0.5) is 11.5 Å². The number of carbonyl (C=O) groups is 1. The number of carbonyl (C=O) groups excluding carboxylic acids is 1. The number of hydrogen-bond acceptors (Lipinski definition) is 7. The first-order chi connectivity index (χ1) is 15.7. The van der Waals surface area contributed by atoms with Gasteiger partial charge < -0.3 is 15.4 Å². The summed E-state index contributed by atoms with van der Waals surface area (Å²) in [6.07, 6.45) is 3.02. The van der Waals surface area contributed by atoms with Gasteiger partial charge in [0, 0.05) is 26.6 Å². The number of hydrogen-bond donors (Lipinski definition) is 2. The fourth-order valence-electron chi connectivity index (χ4n) is 4.04. The molecule has 3 N–H and O–H groups in total. The molecule has 0 atom stereocenters. The molecule has 0 unspecified atom stereocenters. The van der Waals surface area contributed by atoms with E-state index < -0.39 is 32.7 Å². The van der Waals surface area contributed by atoms with Gasteiger partial charge in [0.1, 0.15) is 5.82 Å². The second kappa shape index (κ2) is 10.3. The van der Waals surface area contributed by atoms with Gasteiger partial charge in [0.25, 0.3) is 5.56 Å². The Morgan fingerprint density at radius 2 is 1.97 bits per heavy atom. The van der Waals surface area contributed by atoms with Crippen molar-refractivity contribution in [3.63, 3.8) is 0 Å². The van der Waals surface area contributed by atoms with E-state index in [1.807, 2.05) is 13.0 Å². The first kappa shape index (κ1) is 24.7. The van der Waals surface area contributed by atoms with Crippen molar-refractivity contribution in [1.29, 1.82) is 0 Å². The number of nitrogens with two attached hydrogens (primary N) is 1. The van der Waals surface area contributed by atoms with E-state index in [4.69, 9.17) is 10.5 Å². The van der Waals surface area contributed by atoms with Gasteiger partial charge in [0.15, 0.2) is 15.5 Å². The van der Waals surface area contributed by atoms with Crippen molar-refractivity contribution in [2.45, 2.75) is 50.5 Å². The molecule has 0 aliphatic heterocycles. The molecular weight excluding hydrogens is 448 g/mol. The second-order valence-corrected chi connectivity index (χ2v) is 10.1. The molecule has 1 aromatic heterocycles. The number of nitrogen functional groups attached to an aromatic ring is 1. The number of benzene rings is 1. The number of sulfone groups is 1. The fourth-order valence-corrected chi connectivity index (χ4v) is 5.32. The number of fused-ring (bicyclic) bond motifs is 1. The zero-order valence-corrected chi connectivity index (χ0v) is 19.7. The van der Waals surface area contributed by atoms with E-state index in [0.717, 1.165) is 35.3 Å². The van der Waals surface area contributed by atoms with E-state index in [-0.39, 0.29) is 42.5 Å². The van der Waals surface area contributed by atoms with Crippen LogP contribution in [0.25, 0.3) is 0 Å². The van der Waals surface area contributed by atoms with Crippen LogP contribution < -0.4 is 21.9 Å². The van der Waals surface area contributed by atoms with Gasteiger partial charge >= 0.3 is 5.69 Å². The largest absolute Gasteiger partial charge is 0.383 e. The summed E-state index contributed by atoms with van der Waals surface area (Å²) in [6.45, 7) is 2.17. The number of aromatic nitrogens is 2. The molecule has 11 heteroatoms. The second-order valence-electron chi connectivity index (χ2n) is 8.04. The summed E-state index contributed by atoms with van der Waals surface area (Å²) < 4.78 is 32.0. The van der Waals surface area contributed by atoms with Crippen molar-refractivity contribution >= 4 is 27.2 Å². The minimum absolute atomic E-state index is 0.0220. The van der Waals surface area contributed by atoms with E-state index in [1.54, 1.807) is 12.1 Å². The minimum atomic E-state index is -3.71. The predicted molar refractivity (Wildman–Crippen MR) is 125 cm³/mol. The first-order valence-electron chi connectivity index (χ1n) is 11.0. The molecule has 1 aliphatic carbocycles. The number of nitrogens with zero attached hydrogens (tertiary/aromatic N) is 2. The maximum absolute atomic E-state index is 13.1. The summed E-state index contributed by atoms with van der Waals surface area (Å²) in [5.74, 6) is -1.16. The molecule has 2 aromatic rings. The van der Waals surface area contributed by atoms with Gasteiger partial charge in [0.05, 0.1) is 17.3 Å². The molecule has 0 bridgehead atoms. The third-order valence-electron chi connectivity index (χ3n) is 5.77. The molecule has 33 heavy (non-hydrogen) atoms. The molecule has 1 heterocycles. The standard InChI is InChI=1S/C22H30N4O6S/c1-3-10-26-20(23)19(21(28)24-22(26)29)25(11-12-32-2)18(27)9-13-33(30,31)17-8-7-15-5-4-6-16(15)14-17/h7-8,14H,3-6,9-13,23H2,1-2H3,(H,24,28,29). The lowest BCUT2D eigenvalue weighted by atomic mass is 10.1. The van der Waals surface area contributed by atoms with Gasteiger partial charge in [0.2, 0.25) is 5.91 Å². The van der Waals surface area contributed by atoms with Crippen LogP contribution in [0.2, 0.25) is 0 Å². The summed E-state index contributed by atoms with van der Waals surface area (Å²) in [4.78, 5) is 41.2. The smallest absolute Gasteiger partial charge is 0.330 e. The Morgan fingerprint density at radius 1 is 1.24 bits per heavy atom. The lowest BCUT2D eigenvalue weighted by molar-refractivity contribution is -0.118. The number of aryl methyl sites for hydroxylation is 2. The molecule has 0 radical (unpaired) electrons. The van der Waals surface area contributed by atoms with Crippen LogP contribution in [0.15, 0.2) is 32.7 Å². The number of aromatic amines is 1. The van der Waals surface area contributed by atoms with E-state index in [1.165, 1.54) is 11.7 Å². The van der Waals surface area contributed by atoms with Crippen LogP contribution in [-0.4, -0.2) is 49.9 Å². The van der Waals surface area contributed by atoms with Crippen molar-refractivity contribution in [3.05, 3.63) is 50.2 Å². The Morgan fingerprint density at radius 3 is 2.67 bits per heavy atom. The zero-order valence-electron chi connectivity index (χ0n) is 18.9. The SMILES string of the molecule is CCCn1c(N)c(N(CCOC)C(=O)CCS(=O)(=O)c2ccc3c(c2)CCC3)c(=O)[nH]c1=O. The van der Waals surface area contributed by atoms with E-state index in [2.05, 4.69) is 4.98 Å². The van der Waals surface area contributed by atoms with Gasteiger partial charge in [-0.25, -0.2) is 13.2 Å². The highest BCUT2D eigenvalue weighted by Crippen LogP contribution is 2.26. The van der Waals surface area contributed by atoms with Crippen LogP contribution in [0.3, 0.4) is 0 Å². The van der Waals surface area contributed by atoms with E-state index in [0.29, 0.717) is 6.42 Å². The number of rotatable bonds is 10. The Kier molecular flexibility index (Phi) is 7.75. The lowest BCUT2D eigenvalue weighted by Gasteiger charge is -2.24. The first-order valence-corrected chi connectivity index (χ1v) is 12.6. The average molecular weight is 479 g/mol. The minimum Gasteiger partial charge on any atom is -0.383 e. The van der Waals surface area contributed by atoms with Crippen molar-refractivity contribution < 1.29 is 17.9 Å². The summed E-state index contributed by atoms with van der Waals surface area (Å²) in [7, 11) is -2.27. The summed E-state index contributed by atoms with van der Waals surface area (Å²) in [6, 6.07) is 5.10. The van der Waals surface area contributed by atoms with E-state index >= 15 is 0 Å². The van der Waals surface area contributed by atoms with Crippen LogP contribution in [-0.2, 0) is 38.8 Å². The van der Waals surface area contributed by atoms with E-state index in [9.17, 15) is 22.8 Å². The van der Waals surface area contributed by atoms with Crippen molar-refractivity contribution in [1.82, 2.24) is 9.55 Å². The predicted octanol–water partition coefficient (Wildman–Crippen LogP) is 0.861. The zero-order chi connectivity index (χ0) is 24.2. The Hall–Kier alpha value is -2.92. The molecule has 1 aliphatic rings. The molecule has 3 rings (SSSR count). The average Bonchev–Trinajstić information content (AvgIpc) is 3.25. The fraction of sp³-hybridized carbons (Fsp3) is 0.500. The summed E-state index contributed by atoms with van der Waals surface area (Å²) in [5, 5.41) is 0. The number of anilines is 2. The normalized spacial score (nSPS) is 13.2. The van der Waals surface area contributed by atoms with Gasteiger partial charge in [-0.1, -0.05) is 13.0 Å². The van der Waals surface area contributed by atoms with Gasteiger partial charge in [-0.3, -0.25) is 19.1 Å². The monoisotopic (exact) mass is 478 g/mol. The number of nitrogens with one attached hydrogen (secondary N) is 1. The third kappa shape index (κ3) is 5.36. The quantitative estimate of drug-likeness (QED) is 0.515. The number of H-pyrrole nitrogens is 1. The number of ether oxygens (including phenoxy) is 1. The van der Waals surface area contributed by atoms with Crippen molar-refractivity contribution in [2.75, 3.05) is 36.6 Å². The number of methoxy groups -OCH3 is 1. The molecule has 0 saturated carbocycles. The van der Waals surface area contributed by atoms with Gasteiger partial charge in [-0.15, -0.1) is 0 Å². The summed E-state index contributed by atoms with van der Waals surface area (Å²) in [5.41, 5.74) is 6.63. The Labute approximate surface area is 192 Å². The molecular formula is C22H30N4O6S. The molecule has 180 valence electrons. The molecule has 0 saturated heterocycles. The van der Waals surface area contributed by atoms with Gasteiger partial charge in [-0.05, 0) is 48.9 Å². The van der Waals surface area contributed by atoms with Gasteiger partial charge in [-0.2, -0.15) is 0 Å². The topological polar surface area (TPSA) is 145 Å². The molecule has 0 spiro atoms. The highest BCUT2D eigenvalue weighted by atomic mass is 32.2. The Balaban J connectivity index is 1.87. The Bertz CT molecular complexity index is 1250. The molecule has 10 nitrogen and oxygen atoms in total.